The van der Waals surface area contributed by atoms with Crippen molar-refractivity contribution in [3.8, 4) is 5.75 Å². The molecule has 0 aromatic heterocycles. The summed E-state index contributed by atoms with van der Waals surface area (Å²) in [6.45, 7) is 1.89. The molecule has 2 aromatic rings. The molecule has 4 nitrogen and oxygen atoms in total. The minimum atomic E-state index is -0.00639. The summed E-state index contributed by atoms with van der Waals surface area (Å²) in [7, 11) is 1.61. The van der Waals surface area contributed by atoms with E-state index in [1.54, 1.807) is 31.4 Å². The average Bonchev–Trinajstić information content (AvgIpc) is 3.15. The highest BCUT2D eigenvalue weighted by atomic mass is 35.5. The summed E-state index contributed by atoms with van der Waals surface area (Å²) in [6, 6.07) is 14.8. The van der Waals surface area contributed by atoms with E-state index < -0.39 is 0 Å². The first-order valence-electron chi connectivity index (χ1n) is 8.45. The molecule has 1 saturated heterocycles. The number of carbonyl (C=O) groups excluding carboxylic acids is 1. The quantitative estimate of drug-likeness (QED) is 0.777. The van der Waals surface area contributed by atoms with Gasteiger partial charge in [0.25, 0.3) is 5.91 Å². The third-order valence-electron chi connectivity index (χ3n) is 4.36. The summed E-state index contributed by atoms with van der Waals surface area (Å²) >= 11 is 5.96. The molecule has 5 heteroatoms. The van der Waals surface area contributed by atoms with Crippen LogP contribution in [0.4, 0.5) is 0 Å². The Hall–Kier alpha value is -2.04. The number of benzene rings is 2. The molecule has 1 atom stereocenters. The number of carbonyl (C=O) groups is 1. The van der Waals surface area contributed by atoms with Crippen molar-refractivity contribution in [3.05, 3.63) is 64.7 Å². The van der Waals surface area contributed by atoms with Crippen molar-refractivity contribution in [1.29, 1.82) is 0 Å². The smallest absolute Gasteiger partial charge is 0.254 e. The summed E-state index contributed by atoms with van der Waals surface area (Å²) < 4.78 is 10.9. The van der Waals surface area contributed by atoms with E-state index in [4.69, 9.17) is 21.1 Å². The molecule has 0 N–H and O–H groups in total. The molecule has 1 amide bonds. The summed E-state index contributed by atoms with van der Waals surface area (Å²) in [6.07, 6.45) is 2.15. The van der Waals surface area contributed by atoms with Crippen molar-refractivity contribution in [1.82, 2.24) is 4.90 Å². The van der Waals surface area contributed by atoms with E-state index in [9.17, 15) is 4.79 Å². The largest absolute Gasteiger partial charge is 0.497 e. The van der Waals surface area contributed by atoms with Gasteiger partial charge in [-0.2, -0.15) is 0 Å². The lowest BCUT2D eigenvalue weighted by molar-refractivity contribution is 0.0507. The van der Waals surface area contributed by atoms with Crippen LogP contribution in [0.15, 0.2) is 48.5 Å². The monoisotopic (exact) mass is 359 g/mol. The van der Waals surface area contributed by atoms with E-state index in [0.717, 1.165) is 30.8 Å². The van der Waals surface area contributed by atoms with E-state index in [1.165, 1.54) is 0 Å². The lowest BCUT2D eigenvalue weighted by Crippen LogP contribution is -2.36. The minimum Gasteiger partial charge on any atom is -0.497 e. The Bertz CT molecular complexity index is 694. The molecule has 1 aliphatic heterocycles. The van der Waals surface area contributed by atoms with Crippen LogP contribution in [0.5, 0.6) is 5.75 Å². The van der Waals surface area contributed by atoms with Gasteiger partial charge in [0.15, 0.2) is 0 Å². The number of amides is 1. The van der Waals surface area contributed by atoms with Gasteiger partial charge in [-0.05, 0) is 54.8 Å². The van der Waals surface area contributed by atoms with E-state index in [0.29, 0.717) is 23.7 Å². The summed E-state index contributed by atoms with van der Waals surface area (Å²) in [5.41, 5.74) is 1.69. The topological polar surface area (TPSA) is 38.8 Å². The van der Waals surface area contributed by atoms with Gasteiger partial charge < -0.3 is 14.4 Å². The van der Waals surface area contributed by atoms with Crippen LogP contribution >= 0.6 is 11.6 Å². The Morgan fingerprint density at radius 1 is 1.20 bits per heavy atom. The van der Waals surface area contributed by atoms with Gasteiger partial charge in [0, 0.05) is 30.3 Å². The van der Waals surface area contributed by atoms with Gasteiger partial charge in [0.05, 0.1) is 13.2 Å². The second kappa shape index (κ2) is 8.37. The molecular weight excluding hydrogens is 338 g/mol. The zero-order chi connectivity index (χ0) is 17.6. The number of hydrogen-bond acceptors (Lipinski definition) is 3. The Balaban J connectivity index is 1.78. The SMILES string of the molecule is COc1ccc(C(=O)N(Cc2ccc(Cl)cc2)CC2CCCO2)cc1. The van der Waals surface area contributed by atoms with Crippen LogP contribution < -0.4 is 4.74 Å². The van der Waals surface area contributed by atoms with E-state index in [1.807, 2.05) is 29.2 Å². The molecule has 1 aliphatic rings. The standard InChI is InChI=1S/C20H22ClNO3/c1-24-18-10-6-16(7-11-18)20(23)22(14-19-3-2-12-25-19)13-15-4-8-17(21)9-5-15/h4-11,19H,2-3,12-14H2,1H3. The Labute approximate surface area is 153 Å². The molecule has 25 heavy (non-hydrogen) atoms. The third-order valence-corrected chi connectivity index (χ3v) is 4.61. The van der Waals surface area contributed by atoms with Gasteiger partial charge in [0.2, 0.25) is 0 Å². The number of nitrogens with zero attached hydrogens (tertiary/aromatic N) is 1. The fourth-order valence-corrected chi connectivity index (χ4v) is 3.11. The highest BCUT2D eigenvalue weighted by Crippen LogP contribution is 2.19. The number of hydrogen-bond donors (Lipinski definition) is 0. The molecular formula is C20H22ClNO3. The molecule has 1 fully saturated rings. The second-order valence-corrected chi connectivity index (χ2v) is 6.61. The van der Waals surface area contributed by atoms with Gasteiger partial charge in [-0.25, -0.2) is 0 Å². The fraction of sp³-hybridized carbons (Fsp3) is 0.350. The molecule has 1 heterocycles. The lowest BCUT2D eigenvalue weighted by Gasteiger charge is -2.26. The fourth-order valence-electron chi connectivity index (χ4n) is 2.98. The van der Waals surface area contributed by atoms with Crippen molar-refractivity contribution in [2.45, 2.75) is 25.5 Å². The normalized spacial score (nSPS) is 16.6. The van der Waals surface area contributed by atoms with Crippen molar-refractivity contribution < 1.29 is 14.3 Å². The van der Waals surface area contributed by atoms with Crippen LogP contribution in [-0.2, 0) is 11.3 Å². The maximum absolute atomic E-state index is 13.0. The van der Waals surface area contributed by atoms with Crippen LogP contribution in [0.3, 0.4) is 0 Å². The van der Waals surface area contributed by atoms with Gasteiger partial charge in [0.1, 0.15) is 5.75 Å². The van der Waals surface area contributed by atoms with Crippen molar-refractivity contribution in [2.75, 3.05) is 20.3 Å². The molecule has 0 bridgehead atoms. The molecule has 3 rings (SSSR count). The van der Waals surface area contributed by atoms with Crippen LogP contribution in [0, 0.1) is 0 Å². The highest BCUT2D eigenvalue weighted by Gasteiger charge is 2.23. The van der Waals surface area contributed by atoms with E-state index >= 15 is 0 Å². The molecule has 0 aliphatic carbocycles. The summed E-state index contributed by atoms with van der Waals surface area (Å²) in [4.78, 5) is 14.9. The van der Waals surface area contributed by atoms with Gasteiger partial charge in [-0.3, -0.25) is 4.79 Å². The van der Waals surface area contributed by atoms with Gasteiger partial charge >= 0.3 is 0 Å². The zero-order valence-corrected chi connectivity index (χ0v) is 15.0. The third kappa shape index (κ3) is 4.74. The van der Waals surface area contributed by atoms with Gasteiger partial charge in [-0.15, -0.1) is 0 Å². The van der Waals surface area contributed by atoms with Crippen molar-refractivity contribution in [3.63, 3.8) is 0 Å². The number of halogens is 1. The molecule has 0 radical (unpaired) electrons. The maximum atomic E-state index is 13.0. The van der Waals surface area contributed by atoms with Crippen molar-refractivity contribution >= 4 is 17.5 Å². The first kappa shape index (κ1) is 17.8. The predicted octanol–water partition coefficient (Wildman–Crippen LogP) is 4.17. The molecule has 2 aromatic carbocycles. The van der Waals surface area contributed by atoms with Crippen LogP contribution in [0.2, 0.25) is 5.02 Å². The average molecular weight is 360 g/mol. The molecule has 0 spiro atoms. The summed E-state index contributed by atoms with van der Waals surface area (Å²) in [5.74, 6) is 0.730. The number of ether oxygens (including phenoxy) is 2. The Morgan fingerprint density at radius 3 is 2.52 bits per heavy atom. The van der Waals surface area contributed by atoms with Crippen LogP contribution in [-0.4, -0.2) is 37.2 Å². The summed E-state index contributed by atoms with van der Waals surface area (Å²) in [5, 5.41) is 0.691. The van der Waals surface area contributed by atoms with Gasteiger partial charge in [-0.1, -0.05) is 23.7 Å². The first-order valence-corrected chi connectivity index (χ1v) is 8.83. The zero-order valence-electron chi connectivity index (χ0n) is 14.3. The lowest BCUT2D eigenvalue weighted by atomic mass is 10.1. The van der Waals surface area contributed by atoms with Crippen molar-refractivity contribution in [2.24, 2.45) is 0 Å². The molecule has 0 saturated carbocycles. The predicted molar refractivity (Wildman–Crippen MR) is 98.2 cm³/mol. The maximum Gasteiger partial charge on any atom is 0.254 e. The highest BCUT2D eigenvalue weighted by molar-refractivity contribution is 6.30. The Kier molecular flexibility index (Phi) is 5.95. The second-order valence-electron chi connectivity index (χ2n) is 6.18. The Morgan fingerprint density at radius 2 is 1.92 bits per heavy atom. The van der Waals surface area contributed by atoms with Crippen LogP contribution in [0.25, 0.3) is 0 Å². The number of rotatable bonds is 6. The van der Waals surface area contributed by atoms with E-state index in [-0.39, 0.29) is 12.0 Å². The first-order chi connectivity index (χ1) is 12.2. The minimum absolute atomic E-state index is 0.00639. The molecule has 132 valence electrons. The van der Waals surface area contributed by atoms with Crippen LogP contribution in [0.1, 0.15) is 28.8 Å². The molecule has 1 unspecified atom stereocenters. The van der Waals surface area contributed by atoms with E-state index in [2.05, 4.69) is 0 Å². The number of methoxy groups -OCH3 is 1.